The van der Waals surface area contributed by atoms with Crippen LogP contribution in [0.1, 0.15) is 39.0 Å². The van der Waals surface area contributed by atoms with Gasteiger partial charge in [0.1, 0.15) is 0 Å². The van der Waals surface area contributed by atoms with Crippen molar-refractivity contribution >= 4 is 0 Å². The average Bonchev–Trinajstić information content (AvgIpc) is 2.24. The minimum Gasteiger partial charge on any atom is -0.316 e. The molecule has 1 N–H and O–H groups in total. The van der Waals surface area contributed by atoms with E-state index in [1.54, 1.807) is 0 Å². The molecule has 0 bridgehead atoms. The van der Waals surface area contributed by atoms with E-state index < -0.39 is 12.6 Å². The van der Waals surface area contributed by atoms with E-state index in [9.17, 15) is 13.2 Å². The number of rotatable bonds is 6. The number of alkyl halides is 3. The Morgan fingerprint density at radius 1 is 1.24 bits per heavy atom. The van der Waals surface area contributed by atoms with E-state index in [0.717, 1.165) is 19.5 Å². The molecule has 2 nitrogen and oxygen atoms in total. The van der Waals surface area contributed by atoms with Crippen molar-refractivity contribution in [1.29, 1.82) is 0 Å². The third-order valence-corrected chi connectivity index (χ3v) is 3.32. The van der Waals surface area contributed by atoms with E-state index in [1.165, 1.54) is 19.3 Å². The molecule has 0 aliphatic carbocycles. The smallest absolute Gasteiger partial charge is 0.316 e. The molecule has 0 saturated carbocycles. The molecule has 1 fully saturated rings. The molecule has 1 atom stereocenters. The summed E-state index contributed by atoms with van der Waals surface area (Å²) < 4.78 is 35.6. The van der Waals surface area contributed by atoms with Gasteiger partial charge in [0.2, 0.25) is 0 Å². The summed E-state index contributed by atoms with van der Waals surface area (Å²) >= 11 is 0. The first-order valence-corrected chi connectivity index (χ1v) is 6.50. The fraction of sp³-hybridized carbons (Fsp3) is 1.00. The van der Waals surface area contributed by atoms with Crippen molar-refractivity contribution < 1.29 is 13.2 Å². The zero-order valence-electron chi connectivity index (χ0n) is 10.5. The predicted octanol–water partition coefficient (Wildman–Crippen LogP) is 2.79. The zero-order valence-corrected chi connectivity index (χ0v) is 10.5. The van der Waals surface area contributed by atoms with Crippen molar-refractivity contribution in [3.8, 4) is 0 Å². The standard InChI is InChI=1S/C12H23F3N2/c1-11-5-2-3-9-17(11)10-4-7-16-8-6-12(13,14)15/h11,16H,2-10H2,1H3. The molecular formula is C12H23F3N2. The minimum absolute atomic E-state index is 0.0407. The topological polar surface area (TPSA) is 15.3 Å². The van der Waals surface area contributed by atoms with Crippen LogP contribution in [0.5, 0.6) is 0 Å². The second-order valence-electron chi connectivity index (χ2n) is 4.85. The van der Waals surface area contributed by atoms with Gasteiger partial charge in [-0.25, -0.2) is 0 Å². The van der Waals surface area contributed by atoms with Gasteiger partial charge in [-0.2, -0.15) is 13.2 Å². The highest BCUT2D eigenvalue weighted by Gasteiger charge is 2.25. The van der Waals surface area contributed by atoms with Crippen molar-refractivity contribution in [3.63, 3.8) is 0 Å². The summed E-state index contributed by atoms with van der Waals surface area (Å²) in [4.78, 5) is 2.44. The lowest BCUT2D eigenvalue weighted by Crippen LogP contribution is -2.39. The van der Waals surface area contributed by atoms with Gasteiger partial charge < -0.3 is 10.2 Å². The maximum Gasteiger partial charge on any atom is 0.390 e. The maximum absolute atomic E-state index is 11.9. The molecular weight excluding hydrogens is 229 g/mol. The summed E-state index contributed by atoms with van der Waals surface area (Å²) in [7, 11) is 0. The first-order valence-electron chi connectivity index (χ1n) is 6.50. The number of likely N-dealkylation sites (tertiary alicyclic amines) is 1. The van der Waals surface area contributed by atoms with Crippen LogP contribution >= 0.6 is 0 Å². The lowest BCUT2D eigenvalue weighted by atomic mass is 10.0. The van der Waals surface area contributed by atoms with E-state index in [0.29, 0.717) is 12.6 Å². The third-order valence-electron chi connectivity index (χ3n) is 3.32. The molecule has 5 heteroatoms. The Kier molecular flexibility index (Phi) is 6.27. The highest BCUT2D eigenvalue weighted by Crippen LogP contribution is 2.18. The molecule has 0 aromatic carbocycles. The van der Waals surface area contributed by atoms with Crippen LogP contribution in [-0.2, 0) is 0 Å². The van der Waals surface area contributed by atoms with Gasteiger partial charge >= 0.3 is 6.18 Å². The quantitative estimate of drug-likeness (QED) is 0.731. The summed E-state index contributed by atoms with van der Waals surface area (Å²) in [5, 5.41) is 2.85. The van der Waals surface area contributed by atoms with Crippen molar-refractivity contribution in [2.75, 3.05) is 26.2 Å². The number of hydrogen-bond donors (Lipinski definition) is 1. The van der Waals surface area contributed by atoms with E-state index >= 15 is 0 Å². The van der Waals surface area contributed by atoms with E-state index in [-0.39, 0.29) is 6.54 Å². The van der Waals surface area contributed by atoms with Gasteiger partial charge in [-0.1, -0.05) is 6.42 Å². The number of hydrogen-bond acceptors (Lipinski definition) is 2. The minimum atomic E-state index is -4.03. The van der Waals surface area contributed by atoms with Crippen LogP contribution in [0.25, 0.3) is 0 Å². The molecule has 0 radical (unpaired) electrons. The van der Waals surface area contributed by atoms with Crippen LogP contribution in [0.3, 0.4) is 0 Å². The lowest BCUT2D eigenvalue weighted by molar-refractivity contribution is -0.133. The fourth-order valence-electron chi connectivity index (χ4n) is 2.25. The molecule has 1 saturated heterocycles. The molecule has 0 aromatic heterocycles. The second kappa shape index (κ2) is 7.21. The Hall–Kier alpha value is -0.290. The monoisotopic (exact) mass is 252 g/mol. The van der Waals surface area contributed by atoms with Crippen molar-refractivity contribution in [3.05, 3.63) is 0 Å². The lowest BCUT2D eigenvalue weighted by Gasteiger charge is -2.33. The summed E-state index contributed by atoms with van der Waals surface area (Å²) in [5.41, 5.74) is 0. The summed E-state index contributed by atoms with van der Waals surface area (Å²) in [6.07, 6.45) is -0.0153. The number of piperidine rings is 1. The van der Waals surface area contributed by atoms with Gasteiger partial charge in [0.15, 0.2) is 0 Å². The molecule has 17 heavy (non-hydrogen) atoms. The van der Waals surface area contributed by atoms with Crippen molar-refractivity contribution in [2.24, 2.45) is 0 Å². The van der Waals surface area contributed by atoms with Gasteiger partial charge in [-0.05, 0) is 45.8 Å². The van der Waals surface area contributed by atoms with Gasteiger partial charge in [0, 0.05) is 12.6 Å². The highest BCUT2D eigenvalue weighted by molar-refractivity contribution is 4.72. The first-order chi connectivity index (χ1) is 7.99. The summed E-state index contributed by atoms with van der Waals surface area (Å²) in [6, 6.07) is 0.638. The largest absolute Gasteiger partial charge is 0.390 e. The summed E-state index contributed by atoms with van der Waals surface area (Å²) in [6.45, 7) is 5.10. The Morgan fingerprint density at radius 3 is 2.65 bits per heavy atom. The fourth-order valence-corrected chi connectivity index (χ4v) is 2.25. The molecule has 1 aliphatic heterocycles. The highest BCUT2D eigenvalue weighted by atomic mass is 19.4. The van der Waals surface area contributed by atoms with Crippen LogP contribution in [0.15, 0.2) is 0 Å². The molecule has 1 rings (SSSR count). The molecule has 1 heterocycles. The van der Waals surface area contributed by atoms with Crippen molar-refractivity contribution in [1.82, 2.24) is 10.2 Å². The first kappa shape index (κ1) is 14.8. The van der Waals surface area contributed by atoms with E-state index in [1.807, 2.05) is 0 Å². The Morgan fingerprint density at radius 2 is 2.00 bits per heavy atom. The van der Waals surface area contributed by atoms with Crippen LogP contribution in [0.2, 0.25) is 0 Å². The van der Waals surface area contributed by atoms with Gasteiger partial charge in [0.05, 0.1) is 6.42 Å². The zero-order chi connectivity index (χ0) is 12.7. The molecule has 102 valence electrons. The second-order valence-corrected chi connectivity index (χ2v) is 4.85. The Bertz CT molecular complexity index is 206. The van der Waals surface area contributed by atoms with Gasteiger partial charge in [-0.15, -0.1) is 0 Å². The normalized spacial score (nSPS) is 22.9. The maximum atomic E-state index is 11.9. The number of nitrogens with zero attached hydrogens (tertiary/aromatic N) is 1. The SMILES string of the molecule is CC1CCCCN1CCCNCCC(F)(F)F. The molecule has 0 aromatic rings. The van der Waals surface area contributed by atoms with Crippen LogP contribution < -0.4 is 5.32 Å². The molecule has 0 spiro atoms. The Labute approximate surface area is 102 Å². The van der Waals surface area contributed by atoms with Crippen LogP contribution in [0.4, 0.5) is 13.2 Å². The average molecular weight is 252 g/mol. The van der Waals surface area contributed by atoms with E-state index in [4.69, 9.17) is 0 Å². The Balaban J connectivity index is 1.96. The molecule has 0 amide bonds. The van der Waals surface area contributed by atoms with Crippen molar-refractivity contribution in [2.45, 2.75) is 51.2 Å². The predicted molar refractivity (Wildman–Crippen MR) is 63.0 cm³/mol. The number of nitrogens with one attached hydrogen (secondary N) is 1. The van der Waals surface area contributed by atoms with Crippen LogP contribution in [-0.4, -0.2) is 43.3 Å². The summed E-state index contributed by atoms with van der Waals surface area (Å²) in [5.74, 6) is 0. The van der Waals surface area contributed by atoms with Crippen LogP contribution in [0, 0.1) is 0 Å². The number of halogens is 3. The van der Waals surface area contributed by atoms with Gasteiger partial charge in [-0.3, -0.25) is 0 Å². The van der Waals surface area contributed by atoms with Gasteiger partial charge in [0.25, 0.3) is 0 Å². The molecule has 1 aliphatic rings. The van der Waals surface area contributed by atoms with E-state index in [2.05, 4.69) is 17.1 Å². The third kappa shape index (κ3) is 6.88. The molecule has 1 unspecified atom stereocenters.